The zero-order chi connectivity index (χ0) is 17.1. The lowest BCUT2D eigenvalue weighted by atomic mass is 10.1. The third kappa shape index (κ3) is 3.36. The van der Waals surface area contributed by atoms with Crippen LogP contribution >= 0.6 is 23.1 Å². The number of nitro benzene ring substituents is 1. The Morgan fingerprint density at radius 1 is 1.33 bits per heavy atom. The fraction of sp³-hybridized carbons (Fsp3) is 0.333. The molecule has 1 aromatic carbocycles. The molecule has 1 aliphatic heterocycles. The summed E-state index contributed by atoms with van der Waals surface area (Å²) in [5.74, 6) is -0.162. The second-order valence-corrected chi connectivity index (χ2v) is 6.96. The average molecular weight is 364 g/mol. The van der Waals surface area contributed by atoms with Crippen LogP contribution in [0.15, 0.2) is 34.7 Å². The summed E-state index contributed by atoms with van der Waals surface area (Å²) in [6.07, 6.45) is 3.55. The zero-order valence-electron chi connectivity index (χ0n) is 13.0. The van der Waals surface area contributed by atoms with E-state index >= 15 is 0 Å². The number of aromatic nitrogens is 1. The van der Waals surface area contributed by atoms with Crippen LogP contribution in [0.5, 0.6) is 0 Å². The highest BCUT2D eigenvalue weighted by Crippen LogP contribution is 2.29. The highest BCUT2D eigenvalue weighted by atomic mass is 32.2. The molecule has 0 spiro atoms. The number of hydrogen-bond acceptors (Lipinski definition) is 7. The molecule has 126 valence electrons. The summed E-state index contributed by atoms with van der Waals surface area (Å²) in [5.41, 5.74) is 0.344. The molecule has 1 aromatic heterocycles. The summed E-state index contributed by atoms with van der Waals surface area (Å²) in [6.45, 7) is 2.58. The van der Waals surface area contributed by atoms with E-state index in [-0.39, 0.29) is 11.6 Å². The number of rotatable bonds is 4. The number of nitrogens with zero attached hydrogens (tertiary/aromatic N) is 4. The monoisotopic (exact) mass is 364 g/mol. The van der Waals surface area contributed by atoms with E-state index in [0.29, 0.717) is 36.6 Å². The van der Waals surface area contributed by atoms with Crippen LogP contribution in [-0.2, 0) is 0 Å². The van der Waals surface area contributed by atoms with Crippen molar-refractivity contribution in [3.63, 3.8) is 0 Å². The molecule has 24 heavy (non-hydrogen) atoms. The highest BCUT2D eigenvalue weighted by Gasteiger charge is 2.25. The molecule has 0 atom stereocenters. The molecule has 0 unspecified atom stereocenters. The van der Waals surface area contributed by atoms with Crippen LogP contribution in [0, 0.1) is 10.1 Å². The number of carbonyl (C=O) groups is 1. The van der Waals surface area contributed by atoms with E-state index in [0.717, 1.165) is 5.13 Å². The smallest absolute Gasteiger partial charge is 0.283 e. The standard InChI is InChI=1S/C15H16N4O3S2/c1-23-13-3-2-11(10-12(13)19(21)22)14(20)17-5-7-18(8-6-17)15-16-4-9-24-15/h2-4,9-10H,5-8H2,1H3. The van der Waals surface area contributed by atoms with E-state index < -0.39 is 4.92 Å². The van der Waals surface area contributed by atoms with Gasteiger partial charge in [-0.1, -0.05) is 0 Å². The number of benzene rings is 1. The first-order valence-corrected chi connectivity index (χ1v) is 9.46. The number of anilines is 1. The number of nitro groups is 1. The maximum atomic E-state index is 12.6. The van der Waals surface area contributed by atoms with Crippen LogP contribution < -0.4 is 4.90 Å². The summed E-state index contributed by atoms with van der Waals surface area (Å²) < 4.78 is 0. The zero-order valence-corrected chi connectivity index (χ0v) is 14.7. The molecular weight excluding hydrogens is 348 g/mol. The minimum Gasteiger partial charge on any atom is -0.345 e. The minimum atomic E-state index is -0.441. The maximum absolute atomic E-state index is 12.6. The van der Waals surface area contributed by atoms with Gasteiger partial charge in [0.25, 0.3) is 11.6 Å². The van der Waals surface area contributed by atoms with E-state index in [9.17, 15) is 14.9 Å². The number of hydrogen-bond donors (Lipinski definition) is 0. The van der Waals surface area contributed by atoms with Crippen molar-refractivity contribution in [2.75, 3.05) is 37.3 Å². The lowest BCUT2D eigenvalue weighted by Crippen LogP contribution is -2.48. The third-order valence-electron chi connectivity index (χ3n) is 3.88. The minimum absolute atomic E-state index is 0.0187. The molecule has 0 bridgehead atoms. The molecule has 9 heteroatoms. The lowest BCUT2D eigenvalue weighted by Gasteiger charge is -2.34. The van der Waals surface area contributed by atoms with Crippen molar-refractivity contribution in [3.05, 3.63) is 45.5 Å². The number of amides is 1. The predicted octanol–water partition coefficient (Wildman–Crippen LogP) is 2.74. The number of thiazole rings is 1. The van der Waals surface area contributed by atoms with Crippen LogP contribution in [0.25, 0.3) is 0 Å². The first kappa shape index (κ1) is 16.7. The Morgan fingerprint density at radius 2 is 2.08 bits per heavy atom. The summed E-state index contributed by atoms with van der Waals surface area (Å²) in [5, 5.41) is 14.1. The molecule has 2 heterocycles. The van der Waals surface area contributed by atoms with E-state index in [2.05, 4.69) is 9.88 Å². The van der Waals surface area contributed by atoms with Crippen LogP contribution in [-0.4, -0.2) is 53.1 Å². The van der Waals surface area contributed by atoms with Gasteiger partial charge in [-0.25, -0.2) is 4.98 Å². The molecule has 2 aromatic rings. The molecule has 1 aliphatic rings. The first-order valence-electron chi connectivity index (χ1n) is 7.36. The van der Waals surface area contributed by atoms with E-state index in [1.807, 2.05) is 5.38 Å². The molecule has 1 saturated heterocycles. The Hall–Kier alpha value is -2.13. The number of thioether (sulfide) groups is 1. The van der Waals surface area contributed by atoms with Crippen molar-refractivity contribution in [2.45, 2.75) is 4.90 Å². The van der Waals surface area contributed by atoms with Crippen LogP contribution in [0.3, 0.4) is 0 Å². The van der Waals surface area contributed by atoms with E-state index in [1.54, 1.807) is 40.8 Å². The lowest BCUT2D eigenvalue weighted by molar-refractivity contribution is -0.387. The van der Waals surface area contributed by atoms with Crippen molar-refractivity contribution in [1.29, 1.82) is 0 Å². The molecule has 0 saturated carbocycles. The van der Waals surface area contributed by atoms with Gasteiger partial charge in [0.05, 0.1) is 9.82 Å². The van der Waals surface area contributed by atoms with Crippen molar-refractivity contribution >= 4 is 39.8 Å². The second kappa shape index (κ2) is 7.18. The molecular formula is C15H16N4O3S2. The van der Waals surface area contributed by atoms with Gasteiger partial charge in [0.1, 0.15) is 0 Å². The van der Waals surface area contributed by atoms with Gasteiger partial charge in [-0.3, -0.25) is 14.9 Å². The van der Waals surface area contributed by atoms with Gasteiger partial charge in [-0.05, 0) is 18.4 Å². The molecule has 0 aliphatic carbocycles. The second-order valence-electron chi connectivity index (χ2n) is 5.24. The highest BCUT2D eigenvalue weighted by molar-refractivity contribution is 7.98. The quantitative estimate of drug-likeness (QED) is 0.471. The predicted molar refractivity (Wildman–Crippen MR) is 95.1 cm³/mol. The van der Waals surface area contributed by atoms with Gasteiger partial charge in [0.2, 0.25) is 0 Å². The molecule has 0 N–H and O–H groups in total. The SMILES string of the molecule is CSc1ccc(C(=O)N2CCN(c3nccs3)CC2)cc1[N+](=O)[O-]. The number of carbonyl (C=O) groups excluding carboxylic acids is 1. The molecule has 0 radical (unpaired) electrons. The average Bonchev–Trinajstić information content (AvgIpc) is 3.15. The van der Waals surface area contributed by atoms with Gasteiger partial charge in [-0.15, -0.1) is 23.1 Å². The van der Waals surface area contributed by atoms with Crippen LogP contribution in [0.1, 0.15) is 10.4 Å². The van der Waals surface area contributed by atoms with Crippen molar-refractivity contribution in [2.24, 2.45) is 0 Å². The largest absolute Gasteiger partial charge is 0.345 e. The van der Waals surface area contributed by atoms with E-state index in [1.165, 1.54) is 17.8 Å². The topological polar surface area (TPSA) is 79.6 Å². The molecule has 1 amide bonds. The normalized spacial score (nSPS) is 14.7. The fourth-order valence-electron chi connectivity index (χ4n) is 2.62. The Morgan fingerprint density at radius 3 is 2.67 bits per heavy atom. The van der Waals surface area contributed by atoms with Gasteiger partial charge >= 0.3 is 0 Å². The summed E-state index contributed by atoms with van der Waals surface area (Å²) in [7, 11) is 0. The number of piperazine rings is 1. The Balaban J connectivity index is 1.71. The van der Waals surface area contributed by atoms with Gasteiger partial charge in [-0.2, -0.15) is 0 Å². The van der Waals surface area contributed by atoms with Gasteiger partial charge < -0.3 is 9.80 Å². The van der Waals surface area contributed by atoms with E-state index in [4.69, 9.17) is 0 Å². The molecule has 3 rings (SSSR count). The first-order chi connectivity index (χ1) is 11.6. The van der Waals surface area contributed by atoms with Crippen LogP contribution in [0.2, 0.25) is 0 Å². The van der Waals surface area contributed by atoms with Crippen LogP contribution in [0.4, 0.5) is 10.8 Å². The van der Waals surface area contributed by atoms with Gasteiger partial charge in [0, 0.05) is 49.4 Å². The fourth-order valence-corrected chi connectivity index (χ4v) is 3.86. The third-order valence-corrected chi connectivity index (χ3v) is 5.50. The van der Waals surface area contributed by atoms with Gasteiger partial charge in [0.15, 0.2) is 5.13 Å². The maximum Gasteiger partial charge on any atom is 0.283 e. The molecule has 7 nitrogen and oxygen atoms in total. The summed E-state index contributed by atoms with van der Waals surface area (Å²) >= 11 is 2.88. The van der Waals surface area contributed by atoms with Crippen molar-refractivity contribution in [1.82, 2.24) is 9.88 Å². The Bertz CT molecular complexity index is 743. The Labute approximate surface area is 147 Å². The summed E-state index contributed by atoms with van der Waals surface area (Å²) in [4.78, 5) is 32.1. The summed E-state index contributed by atoms with van der Waals surface area (Å²) in [6, 6.07) is 4.68. The van der Waals surface area contributed by atoms with Crippen molar-refractivity contribution in [3.8, 4) is 0 Å². The van der Waals surface area contributed by atoms with Crippen molar-refractivity contribution < 1.29 is 9.72 Å². The Kier molecular flexibility index (Phi) is 5.00. The molecule has 1 fully saturated rings.